The van der Waals surface area contributed by atoms with Crippen LogP contribution in [-0.2, 0) is 4.79 Å². The van der Waals surface area contributed by atoms with E-state index in [1.54, 1.807) is 0 Å². The highest BCUT2D eigenvalue weighted by Crippen LogP contribution is 2.27. The van der Waals surface area contributed by atoms with E-state index in [2.05, 4.69) is 24.1 Å². The van der Waals surface area contributed by atoms with Gasteiger partial charge in [0.1, 0.15) is 5.54 Å². The molecule has 1 atom stereocenters. The molecule has 1 saturated heterocycles. The molecule has 4 heteroatoms. The number of nitrogens with one attached hydrogen (secondary N) is 1. The van der Waals surface area contributed by atoms with Crippen molar-refractivity contribution in [2.75, 3.05) is 13.1 Å². The maximum Gasteiger partial charge on any atom is 0.325 e. The summed E-state index contributed by atoms with van der Waals surface area (Å²) < 4.78 is 0. The SMILES string of the molecule is CC(C)N1CCC(NC2CCCCC2)(C(=O)O)C1. The molecule has 0 aromatic carbocycles. The molecule has 2 rings (SSSR count). The van der Waals surface area contributed by atoms with Crippen LogP contribution in [0.3, 0.4) is 0 Å². The van der Waals surface area contributed by atoms with Crippen LogP contribution in [0.25, 0.3) is 0 Å². The van der Waals surface area contributed by atoms with Gasteiger partial charge in [-0.2, -0.15) is 0 Å². The second kappa shape index (κ2) is 5.57. The van der Waals surface area contributed by atoms with Gasteiger partial charge < -0.3 is 5.11 Å². The summed E-state index contributed by atoms with van der Waals surface area (Å²) >= 11 is 0. The fourth-order valence-corrected chi connectivity index (χ4v) is 3.27. The lowest BCUT2D eigenvalue weighted by atomic mass is 9.90. The van der Waals surface area contributed by atoms with Gasteiger partial charge in [-0.3, -0.25) is 15.0 Å². The molecule has 2 N–H and O–H groups in total. The summed E-state index contributed by atoms with van der Waals surface area (Å²) in [5, 5.41) is 13.1. The van der Waals surface area contributed by atoms with Crippen molar-refractivity contribution < 1.29 is 9.90 Å². The monoisotopic (exact) mass is 254 g/mol. The Balaban J connectivity index is 2.01. The largest absolute Gasteiger partial charge is 0.480 e. The first-order valence-corrected chi connectivity index (χ1v) is 7.29. The number of hydrogen-bond acceptors (Lipinski definition) is 3. The van der Waals surface area contributed by atoms with Crippen LogP contribution < -0.4 is 5.32 Å². The van der Waals surface area contributed by atoms with Crippen molar-refractivity contribution in [3.63, 3.8) is 0 Å². The number of carboxylic acids is 1. The third kappa shape index (κ3) is 2.86. The summed E-state index contributed by atoms with van der Waals surface area (Å²) in [6, 6.07) is 0.835. The summed E-state index contributed by atoms with van der Waals surface area (Å²) in [7, 11) is 0. The Labute approximate surface area is 110 Å². The molecule has 2 aliphatic rings. The molecule has 0 radical (unpaired) electrons. The lowest BCUT2D eigenvalue weighted by molar-refractivity contribution is -0.145. The van der Waals surface area contributed by atoms with Crippen molar-refractivity contribution in [2.45, 2.75) is 70.0 Å². The predicted molar refractivity (Wildman–Crippen MR) is 71.7 cm³/mol. The fraction of sp³-hybridized carbons (Fsp3) is 0.929. The first-order chi connectivity index (χ1) is 8.53. The normalized spacial score (nSPS) is 31.1. The number of rotatable bonds is 4. The number of carboxylic acid groups (broad SMARTS) is 1. The van der Waals surface area contributed by atoms with E-state index in [0.29, 0.717) is 18.6 Å². The molecule has 1 heterocycles. The summed E-state index contributed by atoms with van der Waals surface area (Å²) in [6.45, 7) is 5.82. The Morgan fingerprint density at radius 3 is 2.50 bits per heavy atom. The summed E-state index contributed by atoms with van der Waals surface area (Å²) in [5.41, 5.74) is -0.702. The Morgan fingerprint density at radius 2 is 2.00 bits per heavy atom. The van der Waals surface area contributed by atoms with Crippen LogP contribution in [-0.4, -0.2) is 46.7 Å². The molecular formula is C14H26N2O2. The molecule has 1 aliphatic carbocycles. The van der Waals surface area contributed by atoms with E-state index in [1.807, 2.05) is 0 Å². The number of likely N-dealkylation sites (tertiary alicyclic amines) is 1. The number of nitrogens with zero attached hydrogens (tertiary/aromatic N) is 1. The zero-order chi connectivity index (χ0) is 13.2. The zero-order valence-corrected chi connectivity index (χ0v) is 11.6. The highest BCUT2D eigenvalue weighted by Gasteiger charge is 2.46. The maximum atomic E-state index is 11.7. The van der Waals surface area contributed by atoms with Crippen LogP contribution in [0.1, 0.15) is 52.4 Å². The average molecular weight is 254 g/mol. The Bertz CT molecular complexity index is 300. The van der Waals surface area contributed by atoms with Crippen molar-refractivity contribution in [1.29, 1.82) is 0 Å². The lowest BCUT2D eigenvalue weighted by Crippen LogP contribution is -2.58. The van der Waals surface area contributed by atoms with Crippen LogP contribution in [0.5, 0.6) is 0 Å². The second-order valence-electron chi connectivity index (χ2n) is 6.18. The van der Waals surface area contributed by atoms with E-state index < -0.39 is 11.5 Å². The van der Waals surface area contributed by atoms with Gasteiger partial charge in [-0.15, -0.1) is 0 Å². The van der Waals surface area contributed by atoms with Crippen LogP contribution in [0, 0.1) is 0 Å². The molecule has 1 saturated carbocycles. The van der Waals surface area contributed by atoms with E-state index in [1.165, 1.54) is 19.3 Å². The highest BCUT2D eigenvalue weighted by atomic mass is 16.4. The second-order valence-corrected chi connectivity index (χ2v) is 6.18. The third-order valence-electron chi connectivity index (χ3n) is 4.52. The molecule has 1 unspecified atom stereocenters. The maximum absolute atomic E-state index is 11.7. The topological polar surface area (TPSA) is 52.6 Å². The molecule has 4 nitrogen and oxygen atoms in total. The van der Waals surface area contributed by atoms with Crippen molar-refractivity contribution >= 4 is 5.97 Å². The third-order valence-corrected chi connectivity index (χ3v) is 4.52. The van der Waals surface area contributed by atoms with E-state index in [9.17, 15) is 9.90 Å². The van der Waals surface area contributed by atoms with E-state index in [4.69, 9.17) is 0 Å². The summed E-state index contributed by atoms with van der Waals surface area (Å²) in [5.74, 6) is -0.670. The minimum absolute atomic E-state index is 0.405. The molecule has 104 valence electrons. The highest BCUT2D eigenvalue weighted by molar-refractivity contribution is 5.79. The first-order valence-electron chi connectivity index (χ1n) is 7.29. The zero-order valence-electron chi connectivity index (χ0n) is 11.6. The molecule has 2 fully saturated rings. The van der Waals surface area contributed by atoms with Gasteiger partial charge in [-0.25, -0.2) is 0 Å². The summed E-state index contributed by atoms with van der Waals surface area (Å²) in [4.78, 5) is 13.9. The van der Waals surface area contributed by atoms with Crippen molar-refractivity contribution in [2.24, 2.45) is 0 Å². The van der Waals surface area contributed by atoms with Gasteiger partial charge >= 0.3 is 5.97 Å². The summed E-state index contributed by atoms with van der Waals surface area (Å²) in [6.07, 6.45) is 6.78. The molecular weight excluding hydrogens is 228 g/mol. The van der Waals surface area contributed by atoms with Gasteiger partial charge in [0, 0.05) is 25.2 Å². The number of carbonyl (C=O) groups is 1. The van der Waals surface area contributed by atoms with Crippen molar-refractivity contribution in [1.82, 2.24) is 10.2 Å². The minimum Gasteiger partial charge on any atom is -0.480 e. The van der Waals surface area contributed by atoms with Crippen LogP contribution in [0.4, 0.5) is 0 Å². The number of aliphatic carboxylic acids is 1. The molecule has 1 aliphatic heterocycles. The van der Waals surface area contributed by atoms with Gasteiger partial charge in [0.2, 0.25) is 0 Å². The van der Waals surface area contributed by atoms with Gasteiger partial charge in [-0.1, -0.05) is 19.3 Å². The van der Waals surface area contributed by atoms with E-state index in [-0.39, 0.29) is 0 Å². The minimum atomic E-state index is -0.702. The predicted octanol–water partition coefficient (Wildman–Crippen LogP) is 1.85. The molecule has 0 aromatic heterocycles. The van der Waals surface area contributed by atoms with Gasteiger partial charge in [0.15, 0.2) is 0 Å². The Kier molecular flexibility index (Phi) is 4.28. The van der Waals surface area contributed by atoms with Gasteiger partial charge in [-0.05, 0) is 33.1 Å². The van der Waals surface area contributed by atoms with Gasteiger partial charge in [0.05, 0.1) is 0 Å². The molecule has 0 aromatic rings. The quantitative estimate of drug-likeness (QED) is 0.804. The lowest BCUT2D eigenvalue weighted by Gasteiger charge is -2.34. The Hall–Kier alpha value is -0.610. The van der Waals surface area contributed by atoms with E-state index >= 15 is 0 Å². The van der Waals surface area contributed by atoms with Crippen LogP contribution in [0.2, 0.25) is 0 Å². The first kappa shape index (κ1) is 13.8. The number of hydrogen-bond donors (Lipinski definition) is 2. The standard InChI is InChI=1S/C14H26N2O2/c1-11(2)16-9-8-14(10-16,13(17)18)15-12-6-4-3-5-7-12/h11-12,15H,3-10H2,1-2H3,(H,17,18). The van der Waals surface area contributed by atoms with Crippen molar-refractivity contribution in [3.8, 4) is 0 Å². The van der Waals surface area contributed by atoms with Crippen molar-refractivity contribution in [3.05, 3.63) is 0 Å². The molecule has 0 amide bonds. The molecule has 0 spiro atoms. The van der Waals surface area contributed by atoms with Gasteiger partial charge in [0.25, 0.3) is 0 Å². The van der Waals surface area contributed by atoms with E-state index in [0.717, 1.165) is 25.8 Å². The molecule has 18 heavy (non-hydrogen) atoms. The Morgan fingerprint density at radius 1 is 1.33 bits per heavy atom. The average Bonchev–Trinajstić information content (AvgIpc) is 2.76. The fourth-order valence-electron chi connectivity index (χ4n) is 3.27. The van der Waals surface area contributed by atoms with Crippen LogP contribution in [0.15, 0.2) is 0 Å². The van der Waals surface area contributed by atoms with Crippen LogP contribution >= 0.6 is 0 Å². The molecule has 0 bridgehead atoms. The smallest absolute Gasteiger partial charge is 0.325 e.